The molecule has 2 aromatic carbocycles. The lowest BCUT2D eigenvalue weighted by molar-refractivity contribution is 0.0846. The Morgan fingerprint density at radius 2 is 1.35 bits per heavy atom. The first kappa shape index (κ1) is 14.3. The number of nitrogens with one attached hydrogen (secondary N) is 2. The number of halogens is 1. The Kier molecular flexibility index (Phi) is 4.53. The van der Waals surface area contributed by atoms with Gasteiger partial charge in [0.25, 0.3) is 11.8 Å². The molecule has 0 aromatic heterocycles. The monoisotopic (exact) mass is 332 g/mol. The molecule has 0 aliphatic carbocycles. The van der Waals surface area contributed by atoms with Gasteiger partial charge in [-0.15, -0.1) is 0 Å². The van der Waals surface area contributed by atoms with E-state index in [1.165, 1.54) is 0 Å². The van der Waals surface area contributed by atoms with Crippen LogP contribution < -0.4 is 10.9 Å². The van der Waals surface area contributed by atoms with E-state index < -0.39 is 0 Å². The average molecular weight is 333 g/mol. The lowest BCUT2D eigenvalue weighted by Gasteiger charge is -2.09. The first-order valence-corrected chi connectivity index (χ1v) is 6.79. The number of benzene rings is 2. The van der Waals surface area contributed by atoms with Crippen LogP contribution in [0.25, 0.3) is 0 Å². The molecule has 20 heavy (non-hydrogen) atoms. The highest BCUT2D eigenvalue weighted by Crippen LogP contribution is 2.15. The number of rotatable bonds is 2. The quantitative estimate of drug-likeness (QED) is 0.831. The molecule has 2 N–H and O–H groups in total. The summed E-state index contributed by atoms with van der Waals surface area (Å²) in [5, 5.41) is 0. The smallest absolute Gasteiger partial charge is 0.267 e. The zero-order valence-corrected chi connectivity index (χ0v) is 12.4. The van der Waals surface area contributed by atoms with E-state index in [-0.39, 0.29) is 11.8 Å². The molecule has 2 rings (SSSR count). The van der Waals surface area contributed by atoms with Gasteiger partial charge >= 0.3 is 0 Å². The number of hydrogen-bond donors (Lipinski definition) is 2. The van der Waals surface area contributed by atoms with Crippen LogP contribution in [0, 0.1) is 6.92 Å². The summed E-state index contributed by atoms with van der Waals surface area (Å²) in [7, 11) is 0. The van der Waals surface area contributed by atoms with Crippen molar-refractivity contribution >= 4 is 27.7 Å². The third-order valence-electron chi connectivity index (χ3n) is 2.80. The molecule has 0 aliphatic rings. The Bertz CT molecular complexity index is 598. The molecule has 4 nitrogen and oxygen atoms in total. The van der Waals surface area contributed by atoms with E-state index in [9.17, 15) is 9.59 Å². The van der Waals surface area contributed by atoms with E-state index >= 15 is 0 Å². The molecule has 5 heteroatoms. The van der Waals surface area contributed by atoms with Gasteiger partial charge in [-0.25, -0.2) is 0 Å². The van der Waals surface area contributed by atoms with Crippen molar-refractivity contribution in [3.05, 3.63) is 69.7 Å². The lowest BCUT2D eigenvalue weighted by Crippen LogP contribution is -2.42. The zero-order chi connectivity index (χ0) is 14.5. The number of hydrazine groups is 1. The van der Waals surface area contributed by atoms with E-state index in [4.69, 9.17) is 0 Å². The topological polar surface area (TPSA) is 58.2 Å². The summed E-state index contributed by atoms with van der Waals surface area (Å²) >= 11 is 3.29. The van der Waals surface area contributed by atoms with Gasteiger partial charge in [-0.1, -0.05) is 30.3 Å². The highest BCUT2D eigenvalue weighted by atomic mass is 79.9. The van der Waals surface area contributed by atoms with E-state index in [0.717, 1.165) is 5.56 Å². The summed E-state index contributed by atoms with van der Waals surface area (Å²) in [6, 6.07) is 14.2. The highest BCUT2D eigenvalue weighted by molar-refractivity contribution is 9.10. The number of aryl methyl sites for hydroxylation is 1. The lowest BCUT2D eigenvalue weighted by atomic mass is 10.1. The molecular formula is C15H13BrN2O2. The third-order valence-corrected chi connectivity index (χ3v) is 3.49. The predicted molar refractivity (Wildman–Crippen MR) is 80.3 cm³/mol. The van der Waals surface area contributed by atoms with Crippen LogP contribution in [0.5, 0.6) is 0 Å². The van der Waals surface area contributed by atoms with Gasteiger partial charge in [-0.05, 0) is 46.6 Å². The van der Waals surface area contributed by atoms with Crippen molar-refractivity contribution < 1.29 is 9.59 Å². The van der Waals surface area contributed by atoms with Crippen molar-refractivity contribution in [2.45, 2.75) is 6.92 Å². The van der Waals surface area contributed by atoms with E-state index in [1.807, 2.05) is 25.1 Å². The van der Waals surface area contributed by atoms with Crippen LogP contribution in [0.2, 0.25) is 0 Å². The van der Waals surface area contributed by atoms with Crippen LogP contribution in [0.4, 0.5) is 0 Å². The molecule has 0 heterocycles. The van der Waals surface area contributed by atoms with Crippen LogP contribution in [0.15, 0.2) is 53.0 Å². The maximum atomic E-state index is 11.9. The maximum Gasteiger partial charge on any atom is 0.270 e. The summed E-state index contributed by atoms with van der Waals surface area (Å²) in [6.45, 7) is 1.84. The summed E-state index contributed by atoms with van der Waals surface area (Å²) in [5.74, 6) is -0.720. The Labute approximate surface area is 125 Å². The summed E-state index contributed by atoms with van der Waals surface area (Å²) in [5.41, 5.74) is 6.63. The molecular weight excluding hydrogens is 320 g/mol. The van der Waals surface area contributed by atoms with Crippen LogP contribution in [-0.2, 0) is 0 Å². The molecule has 0 radical (unpaired) electrons. The second-order valence-electron chi connectivity index (χ2n) is 4.20. The highest BCUT2D eigenvalue weighted by Gasteiger charge is 2.12. The summed E-state index contributed by atoms with van der Waals surface area (Å²) < 4.78 is 0.669. The van der Waals surface area contributed by atoms with Gasteiger partial charge < -0.3 is 0 Å². The standard InChI is InChI=1S/C15H13BrN2O2/c1-10-6-2-3-7-11(10)14(19)17-18-15(20)12-8-4-5-9-13(12)16/h2-9H,1H3,(H,17,19)(H,18,20). The van der Waals surface area contributed by atoms with Crippen LogP contribution in [-0.4, -0.2) is 11.8 Å². The number of hydrogen-bond acceptors (Lipinski definition) is 2. The fourth-order valence-corrected chi connectivity index (χ4v) is 2.19. The second-order valence-corrected chi connectivity index (χ2v) is 5.06. The second kappa shape index (κ2) is 6.34. The largest absolute Gasteiger partial charge is 0.270 e. The van der Waals surface area contributed by atoms with Crippen molar-refractivity contribution in [3.63, 3.8) is 0 Å². The minimum absolute atomic E-state index is 0.344. The van der Waals surface area contributed by atoms with Crippen LogP contribution in [0.3, 0.4) is 0 Å². The van der Waals surface area contributed by atoms with Gasteiger partial charge in [-0.2, -0.15) is 0 Å². The molecule has 0 atom stereocenters. The zero-order valence-electron chi connectivity index (χ0n) is 10.8. The van der Waals surface area contributed by atoms with Crippen LogP contribution in [0.1, 0.15) is 26.3 Å². The van der Waals surface area contributed by atoms with Crippen LogP contribution >= 0.6 is 15.9 Å². The molecule has 102 valence electrons. The molecule has 0 saturated carbocycles. The number of carbonyl (C=O) groups excluding carboxylic acids is 2. The normalized spacial score (nSPS) is 9.90. The average Bonchev–Trinajstić information content (AvgIpc) is 2.45. The number of carbonyl (C=O) groups is 2. The van der Waals surface area contributed by atoms with Crippen molar-refractivity contribution in [1.82, 2.24) is 10.9 Å². The first-order valence-electron chi connectivity index (χ1n) is 6.00. The van der Waals surface area contributed by atoms with Crippen molar-refractivity contribution in [1.29, 1.82) is 0 Å². The van der Waals surface area contributed by atoms with Gasteiger partial charge in [0.05, 0.1) is 5.56 Å². The molecule has 0 fully saturated rings. The SMILES string of the molecule is Cc1ccccc1C(=O)NNC(=O)c1ccccc1Br. The summed E-state index contributed by atoms with van der Waals surface area (Å²) in [4.78, 5) is 23.9. The van der Waals surface area contributed by atoms with E-state index in [2.05, 4.69) is 26.8 Å². The van der Waals surface area contributed by atoms with Gasteiger partial charge in [0.15, 0.2) is 0 Å². The fourth-order valence-electron chi connectivity index (χ4n) is 1.72. The van der Waals surface area contributed by atoms with Gasteiger partial charge in [0.1, 0.15) is 0 Å². The Hall–Kier alpha value is -2.14. The molecule has 2 aromatic rings. The van der Waals surface area contributed by atoms with E-state index in [1.54, 1.807) is 30.3 Å². The fraction of sp³-hybridized carbons (Fsp3) is 0.0667. The van der Waals surface area contributed by atoms with Crippen molar-refractivity contribution in [2.24, 2.45) is 0 Å². The molecule has 0 bridgehead atoms. The van der Waals surface area contributed by atoms with Gasteiger partial charge in [0, 0.05) is 10.0 Å². The predicted octanol–water partition coefficient (Wildman–Crippen LogP) is 2.83. The molecule has 0 aliphatic heterocycles. The first-order chi connectivity index (χ1) is 9.59. The molecule has 0 saturated heterocycles. The molecule has 2 amide bonds. The Balaban J connectivity index is 2.03. The number of amides is 2. The maximum absolute atomic E-state index is 11.9. The van der Waals surface area contributed by atoms with Crippen molar-refractivity contribution in [2.75, 3.05) is 0 Å². The summed E-state index contributed by atoms with van der Waals surface area (Å²) in [6.07, 6.45) is 0. The molecule has 0 unspecified atom stereocenters. The Morgan fingerprint density at radius 1 is 0.850 bits per heavy atom. The van der Waals surface area contributed by atoms with Gasteiger partial charge in [0.2, 0.25) is 0 Å². The minimum atomic E-state index is -0.376. The third kappa shape index (κ3) is 3.24. The van der Waals surface area contributed by atoms with Gasteiger partial charge in [-0.3, -0.25) is 20.4 Å². The molecule has 0 spiro atoms. The van der Waals surface area contributed by atoms with E-state index in [0.29, 0.717) is 15.6 Å². The van der Waals surface area contributed by atoms with Crippen molar-refractivity contribution in [3.8, 4) is 0 Å². The Morgan fingerprint density at radius 3 is 1.95 bits per heavy atom. The minimum Gasteiger partial charge on any atom is -0.267 e.